The summed E-state index contributed by atoms with van der Waals surface area (Å²) in [5.41, 5.74) is 7.96. The molecule has 4 rings (SSSR count). The van der Waals surface area contributed by atoms with Crippen LogP contribution in [0.4, 0.5) is 5.69 Å². The molecule has 0 atom stereocenters. The van der Waals surface area contributed by atoms with Gasteiger partial charge >= 0.3 is 0 Å². The van der Waals surface area contributed by atoms with Crippen molar-refractivity contribution in [3.05, 3.63) is 93.8 Å². The SMILES string of the molecule is Cc1cc(C)cc(N2C(=O)/C(=C/c3cc(C)n(NC(=O)c4ccccc4)c3C)C(=O)NC2=S)c1. The number of amides is 3. The van der Waals surface area contributed by atoms with Gasteiger partial charge in [0.05, 0.1) is 5.69 Å². The summed E-state index contributed by atoms with van der Waals surface area (Å²) in [5, 5.41) is 2.65. The maximum Gasteiger partial charge on any atom is 0.270 e. The Morgan fingerprint density at radius 1 is 0.971 bits per heavy atom. The van der Waals surface area contributed by atoms with Gasteiger partial charge in [-0.1, -0.05) is 24.3 Å². The van der Waals surface area contributed by atoms with Crippen molar-refractivity contribution in [1.82, 2.24) is 9.99 Å². The number of benzene rings is 2. The molecule has 1 aromatic heterocycles. The average Bonchev–Trinajstić information content (AvgIpc) is 3.03. The highest BCUT2D eigenvalue weighted by Gasteiger charge is 2.35. The third-order valence-corrected chi connectivity index (χ3v) is 5.87. The number of hydrogen-bond donors (Lipinski definition) is 2. The van der Waals surface area contributed by atoms with Crippen molar-refractivity contribution in [3.8, 4) is 0 Å². The summed E-state index contributed by atoms with van der Waals surface area (Å²) in [6.07, 6.45) is 1.53. The smallest absolute Gasteiger partial charge is 0.270 e. The van der Waals surface area contributed by atoms with Crippen LogP contribution in [0, 0.1) is 27.7 Å². The molecule has 8 heteroatoms. The Balaban J connectivity index is 1.68. The van der Waals surface area contributed by atoms with E-state index in [0.717, 1.165) is 16.8 Å². The third-order valence-electron chi connectivity index (χ3n) is 5.59. The van der Waals surface area contributed by atoms with Crippen LogP contribution in [-0.2, 0) is 9.59 Å². The first-order valence-electron chi connectivity index (χ1n) is 10.7. The van der Waals surface area contributed by atoms with Crippen LogP contribution in [0.25, 0.3) is 6.08 Å². The Labute approximate surface area is 203 Å². The third kappa shape index (κ3) is 4.40. The molecule has 0 aliphatic carbocycles. The molecule has 7 nitrogen and oxygen atoms in total. The summed E-state index contributed by atoms with van der Waals surface area (Å²) < 4.78 is 1.64. The van der Waals surface area contributed by atoms with Gasteiger partial charge in [-0.15, -0.1) is 0 Å². The first-order valence-corrected chi connectivity index (χ1v) is 11.1. The zero-order valence-corrected chi connectivity index (χ0v) is 20.1. The van der Waals surface area contributed by atoms with E-state index in [1.165, 1.54) is 11.0 Å². The van der Waals surface area contributed by atoms with Crippen molar-refractivity contribution in [2.75, 3.05) is 10.3 Å². The van der Waals surface area contributed by atoms with E-state index in [1.54, 1.807) is 28.9 Å². The number of nitrogens with one attached hydrogen (secondary N) is 2. The number of rotatable bonds is 4. The molecule has 0 spiro atoms. The Morgan fingerprint density at radius 2 is 1.62 bits per heavy atom. The predicted molar refractivity (Wildman–Crippen MR) is 136 cm³/mol. The van der Waals surface area contributed by atoms with E-state index in [9.17, 15) is 14.4 Å². The molecular formula is C26H24N4O3S. The molecule has 0 unspecified atom stereocenters. The summed E-state index contributed by atoms with van der Waals surface area (Å²) >= 11 is 5.31. The summed E-state index contributed by atoms with van der Waals surface area (Å²) in [5.74, 6) is -1.33. The molecule has 1 fully saturated rings. The molecule has 2 heterocycles. The molecule has 2 aromatic carbocycles. The molecule has 1 saturated heterocycles. The number of aryl methyl sites for hydroxylation is 3. The number of thiocarbonyl (C=S) groups is 1. The molecule has 0 radical (unpaired) electrons. The number of hydrogen-bond acceptors (Lipinski definition) is 4. The van der Waals surface area contributed by atoms with Gasteiger partial charge in [0, 0.05) is 17.0 Å². The minimum atomic E-state index is -0.561. The lowest BCUT2D eigenvalue weighted by molar-refractivity contribution is -0.122. The van der Waals surface area contributed by atoms with Gasteiger partial charge in [-0.2, -0.15) is 0 Å². The molecule has 1 aliphatic heterocycles. The normalized spacial score (nSPS) is 15.0. The second kappa shape index (κ2) is 9.07. The van der Waals surface area contributed by atoms with Gasteiger partial charge in [-0.05, 0) is 93.0 Å². The lowest BCUT2D eigenvalue weighted by Gasteiger charge is -2.29. The molecular weight excluding hydrogens is 448 g/mol. The Hall–Kier alpha value is -4.04. The largest absolute Gasteiger partial charge is 0.298 e. The van der Waals surface area contributed by atoms with Gasteiger partial charge in [0.2, 0.25) is 0 Å². The fourth-order valence-corrected chi connectivity index (χ4v) is 4.27. The minimum Gasteiger partial charge on any atom is -0.298 e. The number of carbonyl (C=O) groups excluding carboxylic acids is 3. The van der Waals surface area contributed by atoms with Crippen LogP contribution in [0.3, 0.4) is 0 Å². The molecule has 0 saturated carbocycles. The first kappa shape index (κ1) is 23.1. The van der Waals surface area contributed by atoms with E-state index < -0.39 is 11.8 Å². The summed E-state index contributed by atoms with van der Waals surface area (Å²) in [6, 6.07) is 16.4. The monoisotopic (exact) mass is 472 g/mol. The van der Waals surface area contributed by atoms with Crippen LogP contribution < -0.4 is 15.6 Å². The fraction of sp³-hybridized carbons (Fsp3) is 0.154. The van der Waals surface area contributed by atoms with E-state index in [1.807, 2.05) is 58.0 Å². The summed E-state index contributed by atoms with van der Waals surface area (Å²) in [6.45, 7) is 7.51. The highest BCUT2D eigenvalue weighted by atomic mass is 32.1. The van der Waals surface area contributed by atoms with Crippen molar-refractivity contribution in [2.45, 2.75) is 27.7 Å². The maximum atomic E-state index is 13.4. The van der Waals surface area contributed by atoms with Gasteiger partial charge in [-0.3, -0.25) is 34.7 Å². The molecule has 3 aromatic rings. The van der Waals surface area contributed by atoms with Gasteiger partial charge in [-0.25, -0.2) is 0 Å². The van der Waals surface area contributed by atoms with Crippen LogP contribution in [-0.4, -0.2) is 27.5 Å². The first-order chi connectivity index (χ1) is 16.2. The Morgan fingerprint density at radius 3 is 2.26 bits per heavy atom. The minimum absolute atomic E-state index is 0.0394. The van der Waals surface area contributed by atoms with Crippen LogP contribution in [0.5, 0.6) is 0 Å². The van der Waals surface area contributed by atoms with Crippen LogP contribution in [0.1, 0.15) is 38.4 Å². The lowest BCUT2D eigenvalue weighted by atomic mass is 10.1. The van der Waals surface area contributed by atoms with E-state index in [2.05, 4.69) is 10.7 Å². The van der Waals surface area contributed by atoms with Crippen molar-refractivity contribution >= 4 is 46.8 Å². The second-order valence-electron chi connectivity index (χ2n) is 8.27. The molecule has 1 aliphatic rings. The van der Waals surface area contributed by atoms with E-state index in [-0.39, 0.29) is 16.6 Å². The number of anilines is 1. The van der Waals surface area contributed by atoms with Crippen molar-refractivity contribution in [2.24, 2.45) is 0 Å². The van der Waals surface area contributed by atoms with Crippen molar-refractivity contribution in [3.63, 3.8) is 0 Å². The lowest BCUT2D eigenvalue weighted by Crippen LogP contribution is -2.54. The highest BCUT2D eigenvalue weighted by molar-refractivity contribution is 7.80. The maximum absolute atomic E-state index is 13.4. The van der Waals surface area contributed by atoms with E-state index in [4.69, 9.17) is 12.2 Å². The standard InChI is InChI=1S/C26H24N4O3S/c1-15-10-16(2)12-21(11-15)29-25(33)22(24(32)27-26(29)34)14-20-13-17(3)30(18(20)4)28-23(31)19-8-6-5-7-9-19/h5-14H,1-4H3,(H,28,31)(H,27,32,34)/b22-14+. The van der Waals surface area contributed by atoms with Crippen molar-refractivity contribution in [1.29, 1.82) is 0 Å². The predicted octanol–water partition coefficient (Wildman–Crippen LogP) is 3.94. The average molecular weight is 473 g/mol. The van der Waals surface area contributed by atoms with Crippen LogP contribution in [0.2, 0.25) is 0 Å². The van der Waals surface area contributed by atoms with Gasteiger partial charge in [0.15, 0.2) is 5.11 Å². The quantitative estimate of drug-likeness (QED) is 0.342. The second-order valence-corrected chi connectivity index (χ2v) is 8.66. The number of aromatic nitrogens is 1. The highest BCUT2D eigenvalue weighted by Crippen LogP contribution is 2.25. The molecule has 34 heavy (non-hydrogen) atoms. The zero-order chi connectivity index (χ0) is 24.6. The molecule has 3 amide bonds. The topological polar surface area (TPSA) is 83.4 Å². The number of carbonyl (C=O) groups is 3. The number of nitrogens with zero attached hydrogens (tertiary/aromatic N) is 2. The zero-order valence-electron chi connectivity index (χ0n) is 19.3. The molecule has 2 N–H and O–H groups in total. The van der Waals surface area contributed by atoms with E-state index >= 15 is 0 Å². The Kier molecular flexibility index (Phi) is 6.17. The van der Waals surface area contributed by atoms with Gasteiger partial charge in [0.1, 0.15) is 5.57 Å². The van der Waals surface area contributed by atoms with Crippen LogP contribution in [0.15, 0.2) is 60.2 Å². The van der Waals surface area contributed by atoms with Crippen LogP contribution >= 0.6 is 12.2 Å². The van der Waals surface area contributed by atoms with Gasteiger partial charge in [0.25, 0.3) is 17.7 Å². The van der Waals surface area contributed by atoms with Crippen molar-refractivity contribution < 1.29 is 14.4 Å². The molecule has 172 valence electrons. The Bertz CT molecular complexity index is 1350. The van der Waals surface area contributed by atoms with Gasteiger partial charge < -0.3 is 0 Å². The van der Waals surface area contributed by atoms with E-state index in [0.29, 0.717) is 22.5 Å². The fourth-order valence-electron chi connectivity index (χ4n) is 3.99. The molecule has 0 bridgehead atoms. The summed E-state index contributed by atoms with van der Waals surface area (Å²) in [4.78, 5) is 40.0. The summed E-state index contributed by atoms with van der Waals surface area (Å²) in [7, 11) is 0.